The number of anilines is 3. The average Bonchev–Trinajstić information content (AvgIpc) is 3.38. The summed E-state index contributed by atoms with van der Waals surface area (Å²) in [6.07, 6.45) is 5.98. The standard InChI is InChI=1S/C32H33FN4O2/c1-22-13-15-37(16-14-22)28-10-6-25(7-11-28)31(38)18-23-3-8-27(9-4-23)35-30-12-5-24(17-29(30)33)19-32(39)26-20-34-36(2)21-26/h3-12,17,20-22,35H,13-16,18-19H2,1-2H3. The fraction of sp³-hybridized carbons (Fsp3) is 0.281. The molecule has 0 amide bonds. The quantitative estimate of drug-likeness (QED) is 0.257. The molecule has 0 atom stereocenters. The molecule has 0 spiro atoms. The Kier molecular flexibility index (Phi) is 7.87. The summed E-state index contributed by atoms with van der Waals surface area (Å²) in [5.74, 6) is 0.301. The van der Waals surface area contributed by atoms with Gasteiger partial charge in [0.1, 0.15) is 5.82 Å². The molecule has 7 heteroatoms. The largest absolute Gasteiger partial charge is 0.372 e. The van der Waals surface area contributed by atoms with E-state index in [-0.39, 0.29) is 18.0 Å². The lowest BCUT2D eigenvalue weighted by molar-refractivity contribution is 0.0984. The first kappa shape index (κ1) is 26.4. The summed E-state index contributed by atoms with van der Waals surface area (Å²) < 4.78 is 16.3. The van der Waals surface area contributed by atoms with Crippen LogP contribution in [0.25, 0.3) is 0 Å². The van der Waals surface area contributed by atoms with Crippen molar-refractivity contribution in [2.75, 3.05) is 23.3 Å². The Hall–Kier alpha value is -4.26. The van der Waals surface area contributed by atoms with E-state index in [0.29, 0.717) is 34.5 Å². The molecular weight excluding hydrogens is 491 g/mol. The Morgan fingerprint density at radius 2 is 1.54 bits per heavy atom. The first-order chi connectivity index (χ1) is 18.8. The van der Waals surface area contributed by atoms with Crippen LogP contribution in [0.5, 0.6) is 0 Å². The van der Waals surface area contributed by atoms with Gasteiger partial charge in [0.05, 0.1) is 17.4 Å². The molecular formula is C32H33FN4O2. The third-order valence-corrected chi connectivity index (χ3v) is 7.36. The minimum absolute atomic E-state index is 0.0667. The van der Waals surface area contributed by atoms with Crippen LogP contribution >= 0.6 is 0 Å². The molecule has 1 aliphatic rings. The monoisotopic (exact) mass is 524 g/mol. The van der Waals surface area contributed by atoms with E-state index in [4.69, 9.17) is 0 Å². The molecule has 0 aliphatic carbocycles. The lowest BCUT2D eigenvalue weighted by Crippen LogP contribution is -2.32. The van der Waals surface area contributed by atoms with Crippen LogP contribution in [-0.4, -0.2) is 34.4 Å². The summed E-state index contributed by atoms with van der Waals surface area (Å²) in [5, 5.41) is 7.08. The number of carbonyl (C=O) groups excluding carboxylic acids is 2. The Morgan fingerprint density at radius 1 is 0.897 bits per heavy atom. The fourth-order valence-corrected chi connectivity index (χ4v) is 4.90. The summed E-state index contributed by atoms with van der Waals surface area (Å²) >= 11 is 0. The second-order valence-corrected chi connectivity index (χ2v) is 10.5. The molecule has 1 fully saturated rings. The van der Waals surface area contributed by atoms with Crippen molar-refractivity contribution in [3.63, 3.8) is 0 Å². The molecule has 39 heavy (non-hydrogen) atoms. The number of benzene rings is 3. The maximum absolute atomic E-state index is 14.8. The molecule has 3 aromatic carbocycles. The van der Waals surface area contributed by atoms with Crippen LogP contribution in [0.15, 0.2) is 79.1 Å². The molecule has 6 nitrogen and oxygen atoms in total. The number of Topliss-reactive ketones (excluding diaryl/α,β-unsaturated/α-hetero) is 2. The molecule has 1 aliphatic heterocycles. The Labute approximate surface area is 228 Å². The summed E-state index contributed by atoms with van der Waals surface area (Å²) in [5.41, 5.74) is 4.90. The average molecular weight is 525 g/mol. The highest BCUT2D eigenvalue weighted by Gasteiger charge is 2.17. The van der Waals surface area contributed by atoms with Gasteiger partial charge in [-0.3, -0.25) is 14.3 Å². The number of halogens is 1. The number of aromatic nitrogens is 2. The Morgan fingerprint density at radius 3 is 2.18 bits per heavy atom. The van der Waals surface area contributed by atoms with Crippen LogP contribution in [0.2, 0.25) is 0 Å². The Bertz CT molecular complexity index is 1450. The number of rotatable bonds is 9. The molecule has 5 rings (SSSR count). The number of nitrogens with one attached hydrogen (secondary N) is 1. The molecule has 0 radical (unpaired) electrons. The second kappa shape index (κ2) is 11.6. The van der Waals surface area contributed by atoms with Crippen LogP contribution in [0.1, 0.15) is 51.6 Å². The van der Waals surface area contributed by atoms with E-state index in [2.05, 4.69) is 22.2 Å². The van der Waals surface area contributed by atoms with Crippen molar-refractivity contribution in [2.45, 2.75) is 32.6 Å². The highest BCUT2D eigenvalue weighted by molar-refractivity contribution is 5.98. The molecule has 200 valence electrons. The molecule has 2 heterocycles. The van der Waals surface area contributed by atoms with Crippen molar-refractivity contribution < 1.29 is 14.0 Å². The zero-order valence-corrected chi connectivity index (χ0v) is 22.4. The number of hydrogen-bond acceptors (Lipinski definition) is 5. The van der Waals surface area contributed by atoms with Gasteiger partial charge in [-0.25, -0.2) is 4.39 Å². The number of aryl methyl sites for hydroxylation is 1. The van der Waals surface area contributed by atoms with Gasteiger partial charge in [-0.05, 0) is 78.4 Å². The summed E-state index contributed by atoms with van der Waals surface area (Å²) in [4.78, 5) is 27.6. The van der Waals surface area contributed by atoms with Crippen molar-refractivity contribution in [3.8, 4) is 0 Å². The smallest absolute Gasteiger partial charge is 0.170 e. The minimum Gasteiger partial charge on any atom is -0.372 e. The molecule has 0 unspecified atom stereocenters. The number of ketones is 2. The van der Waals surface area contributed by atoms with Crippen LogP contribution in [-0.2, 0) is 19.9 Å². The third-order valence-electron chi connectivity index (χ3n) is 7.36. The van der Waals surface area contributed by atoms with Crippen LogP contribution in [0.4, 0.5) is 21.5 Å². The number of hydrogen-bond donors (Lipinski definition) is 1. The van der Waals surface area contributed by atoms with Gasteiger partial charge in [0, 0.05) is 56.1 Å². The number of carbonyl (C=O) groups is 2. The molecule has 4 aromatic rings. The second-order valence-electron chi connectivity index (χ2n) is 10.5. The molecule has 1 N–H and O–H groups in total. The lowest BCUT2D eigenvalue weighted by Gasteiger charge is -2.32. The number of nitrogens with zero attached hydrogens (tertiary/aromatic N) is 3. The normalized spacial score (nSPS) is 13.9. The first-order valence-electron chi connectivity index (χ1n) is 13.4. The van der Waals surface area contributed by atoms with E-state index >= 15 is 0 Å². The van der Waals surface area contributed by atoms with Crippen LogP contribution in [0, 0.1) is 11.7 Å². The van der Waals surface area contributed by atoms with E-state index < -0.39 is 5.82 Å². The van der Waals surface area contributed by atoms with Gasteiger partial charge in [-0.15, -0.1) is 0 Å². The van der Waals surface area contributed by atoms with Gasteiger partial charge in [-0.1, -0.05) is 25.1 Å². The van der Waals surface area contributed by atoms with Gasteiger partial charge >= 0.3 is 0 Å². The third kappa shape index (κ3) is 6.60. The number of piperidine rings is 1. The summed E-state index contributed by atoms with van der Waals surface area (Å²) in [6.45, 7) is 4.43. The maximum atomic E-state index is 14.8. The van der Waals surface area contributed by atoms with E-state index in [1.807, 2.05) is 48.5 Å². The van der Waals surface area contributed by atoms with Crippen LogP contribution in [0.3, 0.4) is 0 Å². The van der Waals surface area contributed by atoms with E-state index in [1.54, 1.807) is 30.1 Å². The molecule has 0 bridgehead atoms. The van der Waals surface area contributed by atoms with Crippen molar-refractivity contribution in [3.05, 3.63) is 107 Å². The zero-order valence-electron chi connectivity index (χ0n) is 22.4. The fourth-order valence-electron chi connectivity index (χ4n) is 4.90. The SMILES string of the molecule is CC1CCN(c2ccc(C(=O)Cc3ccc(Nc4ccc(CC(=O)c5cnn(C)c5)cc4F)cc3)cc2)CC1. The summed E-state index contributed by atoms with van der Waals surface area (Å²) in [7, 11) is 1.75. The van der Waals surface area contributed by atoms with Crippen LogP contribution < -0.4 is 10.2 Å². The van der Waals surface area contributed by atoms with Crippen molar-refractivity contribution in [1.82, 2.24) is 9.78 Å². The Balaban J connectivity index is 1.16. The lowest BCUT2D eigenvalue weighted by atomic mass is 9.98. The van der Waals surface area contributed by atoms with Gasteiger partial charge in [0.2, 0.25) is 0 Å². The van der Waals surface area contributed by atoms with Crippen molar-refractivity contribution >= 4 is 28.6 Å². The van der Waals surface area contributed by atoms with Gasteiger partial charge in [-0.2, -0.15) is 5.10 Å². The summed E-state index contributed by atoms with van der Waals surface area (Å²) in [6, 6.07) is 20.1. The molecule has 1 saturated heterocycles. The van der Waals surface area contributed by atoms with E-state index in [1.165, 1.54) is 30.8 Å². The van der Waals surface area contributed by atoms with Gasteiger partial charge in [0.15, 0.2) is 11.6 Å². The predicted octanol–water partition coefficient (Wildman–Crippen LogP) is 6.39. The van der Waals surface area contributed by atoms with Crippen molar-refractivity contribution in [2.24, 2.45) is 13.0 Å². The zero-order chi connectivity index (χ0) is 27.4. The van der Waals surface area contributed by atoms with E-state index in [0.717, 1.165) is 24.6 Å². The maximum Gasteiger partial charge on any atom is 0.170 e. The van der Waals surface area contributed by atoms with Gasteiger partial charge in [0.25, 0.3) is 0 Å². The topological polar surface area (TPSA) is 67.2 Å². The van der Waals surface area contributed by atoms with Crippen molar-refractivity contribution in [1.29, 1.82) is 0 Å². The minimum atomic E-state index is -0.437. The highest BCUT2D eigenvalue weighted by atomic mass is 19.1. The molecule has 1 aromatic heterocycles. The predicted molar refractivity (Wildman–Crippen MR) is 152 cm³/mol. The first-order valence-corrected chi connectivity index (χ1v) is 13.4. The molecule has 0 saturated carbocycles. The highest BCUT2D eigenvalue weighted by Crippen LogP contribution is 2.25. The van der Waals surface area contributed by atoms with Gasteiger partial charge < -0.3 is 10.2 Å². The van der Waals surface area contributed by atoms with E-state index in [9.17, 15) is 14.0 Å².